The van der Waals surface area contributed by atoms with Gasteiger partial charge in [0.15, 0.2) is 11.5 Å². The number of hydrogen-bond acceptors (Lipinski definition) is 6. The van der Waals surface area contributed by atoms with Gasteiger partial charge in [-0.25, -0.2) is 9.97 Å². The van der Waals surface area contributed by atoms with Crippen LogP contribution in [0.3, 0.4) is 0 Å². The first kappa shape index (κ1) is 17.6. The van der Waals surface area contributed by atoms with E-state index in [0.717, 1.165) is 12.3 Å². The summed E-state index contributed by atoms with van der Waals surface area (Å²) < 4.78 is 53.7. The van der Waals surface area contributed by atoms with Crippen molar-refractivity contribution in [2.45, 2.75) is 12.7 Å². The highest BCUT2D eigenvalue weighted by Crippen LogP contribution is 2.39. The largest absolute Gasteiger partial charge is 0.493 e. The zero-order chi connectivity index (χ0) is 17.7. The van der Waals surface area contributed by atoms with Gasteiger partial charge in [0.2, 0.25) is 11.7 Å². The lowest BCUT2D eigenvalue weighted by molar-refractivity contribution is -0.141. The molecule has 0 saturated carbocycles. The number of rotatable bonds is 6. The fraction of sp³-hybridized carbons (Fsp3) is 0.333. The molecule has 0 aliphatic carbocycles. The van der Waals surface area contributed by atoms with Crippen LogP contribution in [-0.2, 0) is 12.7 Å². The Kier molecular flexibility index (Phi) is 5.32. The summed E-state index contributed by atoms with van der Waals surface area (Å²) in [6, 6.07) is 4.19. The molecule has 1 aromatic heterocycles. The maximum Gasteiger partial charge on any atom is 0.433 e. The van der Waals surface area contributed by atoms with E-state index in [1.54, 1.807) is 12.1 Å². The highest BCUT2D eigenvalue weighted by molar-refractivity contribution is 5.56. The van der Waals surface area contributed by atoms with Crippen molar-refractivity contribution < 1.29 is 27.4 Å². The van der Waals surface area contributed by atoms with E-state index >= 15 is 0 Å². The SMILES string of the molecule is COc1ccc(CNc2nccc(C(F)(F)F)n2)c(OC)c1OC. The number of halogens is 3. The van der Waals surface area contributed by atoms with Gasteiger partial charge < -0.3 is 19.5 Å². The molecule has 2 aromatic rings. The molecule has 0 amide bonds. The summed E-state index contributed by atoms with van der Waals surface area (Å²) in [4.78, 5) is 7.23. The molecule has 0 spiro atoms. The molecule has 1 N–H and O–H groups in total. The topological polar surface area (TPSA) is 65.5 Å². The molecule has 130 valence electrons. The number of alkyl halides is 3. The first-order valence-electron chi connectivity index (χ1n) is 6.82. The number of anilines is 1. The highest BCUT2D eigenvalue weighted by atomic mass is 19.4. The molecule has 0 fully saturated rings. The smallest absolute Gasteiger partial charge is 0.433 e. The number of benzene rings is 1. The van der Waals surface area contributed by atoms with E-state index in [1.807, 2.05) is 0 Å². The van der Waals surface area contributed by atoms with E-state index in [0.29, 0.717) is 22.8 Å². The third kappa shape index (κ3) is 3.79. The lowest BCUT2D eigenvalue weighted by Gasteiger charge is -2.16. The second-order valence-electron chi connectivity index (χ2n) is 4.61. The van der Waals surface area contributed by atoms with Crippen LogP contribution in [0.5, 0.6) is 17.2 Å². The maximum absolute atomic E-state index is 12.7. The second kappa shape index (κ2) is 7.24. The van der Waals surface area contributed by atoms with E-state index in [1.165, 1.54) is 21.3 Å². The average Bonchev–Trinajstić information content (AvgIpc) is 2.58. The van der Waals surface area contributed by atoms with Gasteiger partial charge in [-0.2, -0.15) is 13.2 Å². The summed E-state index contributed by atoms with van der Waals surface area (Å²) in [5.74, 6) is 1.15. The third-order valence-electron chi connectivity index (χ3n) is 3.17. The van der Waals surface area contributed by atoms with Gasteiger partial charge in [0, 0.05) is 18.3 Å². The first-order valence-corrected chi connectivity index (χ1v) is 6.82. The summed E-state index contributed by atoms with van der Waals surface area (Å²) >= 11 is 0. The van der Waals surface area contributed by atoms with E-state index < -0.39 is 11.9 Å². The van der Waals surface area contributed by atoms with Gasteiger partial charge in [0.1, 0.15) is 5.69 Å². The van der Waals surface area contributed by atoms with Crippen LogP contribution in [0.1, 0.15) is 11.3 Å². The number of ether oxygens (including phenoxy) is 3. The number of nitrogens with zero attached hydrogens (tertiary/aromatic N) is 2. The van der Waals surface area contributed by atoms with Gasteiger partial charge in [-0.3, -0.25) is 0 Å². The molecular weight excluding hydrogens is 327 g/mol. The van der Waals surface area contributed by atoms with Crippen LogP contribution in [0.2, 0.25) is 0 Å². The lowest BCUT2D eigenvalue weighted by atomic mass is 10.1. The van der Waals surface area contributed by atoms with Crippen LogP contribution in [0, 0.1) is 0 Å². The summed E-state index contributed by atoms with van der Waals surface area (Å²) in [5.41, 5.74) is -0.365. The van der Waals surface area contributed by atoms with E-state index in [4.69, 9.17) is 14.2 Å². The minimum Gasteiger partial charge on any atom is -0.493 e. The molecule has 0 aliphatic rings. The van der Waals surface area contributed by atoms with Gasteiger partial charge in [0.05, 0.1) is 21.3 Å². The van der Waals surface area contributed by atoms with Crippen molar-refractivity contribution in [2.24, 2.45) is 0 Å². The standard InChI is InChI=1S/C15H16F3N3O3/c1-22-10-5-4-9(12(23-2)13(10)24-3)8-20-14-19-7-6-11(21-14)15(16,17)18/h4-7H,8H2,1-3H3,(H,19,20,21). The Morgan fingerprint density at radius 1 is 1.00 bits per heavy atom. The first-order chi connectivity index (χ1) is 11.4. The molecule has 1 heterocycles. The van der Waals surface area contributed by atoms with Gasteiger partial charge >= 0.3 is 6.18 Å². The second-order valence-corrected chi connectivity index (χ2v) is 4.61. The molecular formula is C15H16F3N3O3. The molecule has 0 atom stereocenters. The molecule has 6 nitrogen and oxygen atoms in total. The molecule has 0 unspecified atom stereocenters. The minimum atomic E-state index is -4.53. The van der Waals surface area contributed by atoms with Gasteiger partial charge in [-0.1, -0.05) is 0 Å². The quantitative estimate of drug-likeness (QED) is 0.869. The molecule has 24 heavy (non-hydrogen) atoms. The fourth-order valence-electron chi connectivity index (χ4n) is 2.08. The molecule has 2 rings (SSSR count). The Morgan fingerprint density at radius 3 is 2.29 bits per heavy atom. The number of methoxy groups -OCH3 is 3. The van der Waals surface area contributed by atoms with Crippen molar-refractivity contribution in [2.75, 3.05) is 26.6 Å². The molecule has 0 saturated heterocycles. The van der Waals surface area contributed by atoms with Crippen LogP contribution in [0.25, 0.3) is 0 Å². The van der Waals surface area contributed by atoms with Crippen LogP contribution < -0.4 is 19.5 Å². The third-order valence-corrected chi connectivity index (χ3v) is 3.17. The number of hydrogen-bond donors (Lipinski definition) is 1. The number of aromatic nitrogens is 2. The Balaban J connectivity index is 2.24. The Labute approximate surface area is 136 Å². The van der Waals surface area contributed by atoms with Crippen molar-refractivity contribution in [1.82, 2.24) is 9.97 Å². The van der Waals surface area contributed by atoms with E-state index in [9.17, 15) is 13.2 Å². The number of nitrogens with one attached hydrogen (secondary N) is 1. The molecule has 9 heteroatoms. The van der Waals surface area contributed by atoms with Crippen LogP contribution >= 0.6 is 0 Å². The summed E-state index contributed by atoms with van der Waals surface area (Å²) in [6.07, 6.45) is -3.48. The molecule has 0 bridgehead atoms. The monoisotopic (exact) mass is 343 g/mol. The van der Waals surface area contributed by atoms with Crippen LogP contribution in [0.15, 0.2) is 24.4 Å². The van der Waals surface area contributed by atoms with E-state index in [-0.39, 0.29) is 12.5 Å². The van der Waals surface area contributed by atoms with Gasteiger partial charge in [-0.05, 0) is 18.2 Å². The molecule has 0 aliphatic heterocycles. The van der Waals surface area contributed by atoms with Crippen LogP contribution in [0.4, 0.5) is 19.1 Å². The Bertz CT molecular complexity index is 708. The zero-order valence-corrected chi connectivity index (χ0v) is 13.3. The van der Waals surface area contributed by atoms with Crippen molar-refractivity contribution >= 4 is 5.95 Å². The Hall–Kier alpha value is -2.71. The van der Waals surface area contributed by atoms with Crippen LogP contribution in [-0.4, -0.2) is 31.3 Å². The van der Waals surface area contributed by atoms with Crippen molar-refractivity contribution in [3.63, 3.8) is 0 Å². The normalized spacial score (nSPS) is 11.1. The van der Waals surface area contributed by atoms with Crippen molar-refractivity contribution in [3.05, 3.63) is 35.7 Å². The fourth-order valence-corrected chi connectivity index (χ4v) is 2.08. The summed E-state index contributed by atoms with van der Waals surface area (Å²) in [6.45, 7) is 0.144. The predicted molar refractivity (Wildman–Crippen MR) is 80.5 cm³/mol. The maximum atomic E-state index is 12.7. The van der Waals surface area contributed by atoms with E-state index in [2.05, 4.69) is 15.3 Å². The molecule has 0 radical (unpaired) electrons. The zero-order valence-electron chi connectivity index (χ0n) is 13.3. The lowest BCUT2D eigenvalue weighted by Crippen LogP contribution is -2.12. The van der Waals surface area contributed by atoms with Crippen molar-refractivity contribution in [1.29, 1.82) is 0 Å². The predicted octanol–water partition coefficient (Wildman–Crippen LogP) is 3.13. The average molecular weight is 343 g/mol. The summed E-state index contributed by atoms with van der Waals surface area (Å²) in [5, 5.41) is 2.74. The Morgan fingerprint density at radius 2 is 1.71 bits per heavy atom. The highest BCUT2D eigenvalue weighted by Gasteiger charge is 2.32. The van der Waals surface area contributed by atoms with Gasteiger partial charge in [0.25, 0.3) is 0 Å². The van der Waals surface area contributed by atoms with Gasteiger partial charge in [-0.15, -0.1) is 0 Å². The summed E-state index contributed by atoms with van der Waals surface area (Å²) in [7, 11) is 4.42. The van der Waals surface area contributed by atoms with Crippen molar-refractivity contribution in [3.8, 4) is 17.2 Å². The molecule has 1 aromatic carbocycles. The minimum absolute atomic E-state index is 0.137.